The van der Waals surface area contributed by atoms with Gasteiger partial charge in [0.05, 0.1) is 23.9 Å². The molecule has 6 nitrogen and oxygen atoms in total. The van der Waals surface area contributed by atoms with Gasteiger partial charge in [0, 0.05) is 18.5 Å². The molecule has 2 aromatic carbocycles. The molecule has 1 fully saturated rings. The quantitative estimate of drug-likeness (QED) is 0.652. The molecule has 0 spiro atoms. The van der Waals surface area contributed by atoms with E-state index in [1.165, 1.54) is 25.3 Å². The molecule has 30 heavy (non-hydrogen) atoms. The average molecular weight is 431 g/mol. The Morgan fingerprint density at radius 1 is 1.33 bits per heavy atom. The van der Waals surface area contributed by atoms with Gasteiger partial charge in [-0.3, -0.25) is 4.79 Å². The fourth-order valence-corrected chi connectivity index (χ4v) is 3.48. The topological polar surface area (TPSA) is 73.1 Å². The van der Waals surface area contributed by atoms with Crippen LogP contribution in [0.25, 0.3) is 11.0 Å². The van der Waals surface area contributed by atoms with Gasteiger partial charge in [0.25, 0.3) is 5.91 Å². The van der Waals surface area contributed by atoms with Gasteiger partial charge in [-0.15, -0.1) is 0 Å². The lowest BCUT2D eigenvalue weighted by Gasteiger charge is -2.12. The van der Waals surface area contributed by atoms with Crippen LogP contribution >= 0.6 is 11.6 Å². The zero-order chi connectivity index (χ0) is 21.1. The molecule has 2 heterocycles. The van der Waals surface area contributed by atoms with E-state index in [4.69, 9.17) is 25.5 Å². The highest BCUT2D eigenvalue weighted by molar-refractivity contribution is 6.31. The summed E-state index contributed by atoms with van der Waals surface area (Å²) in [7, 11) is 1.53. The number of rotatable bonds is 5. The van der Waals surface area contributed by atoms with Crippen LogP contribution in [0.3, 0.4) is 0 Å². The normalized spacial score (nSPS) is 16.8. The van der Waals surface area contributed by atoms with E-state index in [1.54, 1.807) is 18.2 Å². The Balaban J connectivity index is 1.79. The van der Waals surface area contributed by atoms with Gasteiger partial charge in [-0.05, 0) is 43.2 Å². The highest BCUT2D eigenvalue weighted by atomic mass is 35.5. The first kappa shape index (κ1) is 20.4. The van der Waals surface area contributed by atoms with Crippen LogP contribution in [-0.4, -0.2) is 32.3 Å². The Bertz CT molecular complexity index is 1160. The first-order valence-corrected chi connectivity index (χ1v) is 9.93. The molecule has 0 bridgehead atoms. The SMILES string of the molecule is COc1cccc2cc(C(=O)NC[C@H]3CCCO3)c(=Nc3ccc(F)c(Cl)c3)oc12. The van der Waals surface area contributed by atoms with Crippen LogP contribution in [-0.2, 0) is 4.74 Å². The summed E-state index contributed by atoms with van der Waals surface area (Å²) in [6.07, 6.45) is 1.89. The number of halogens is 2. The van der Waals surface area contributed by atoms with E-state index in [0.29, 0.717) is 35.6 Å². The molecule has 156 valence electrons. The Kier molecular flexibility index (Phi) is 6.01. The van der Waals surface area contributed by atoms with E-state index in [-0.39, 0.29) is 28.2 Å². The molecule has 8 heteroatoms. The molecule has 1 aliphatic heterocycles. The number of methoxy groups -OCH3 is 1. The number of benzene rings is 2. The monoisotopic (exact) mass is 430 g/mol. The Hall–Kier alpha value is -2.90. The van der Waals surface area contributed by atoms with Crippen LogP contribution in [0.4, 0.5) is 10.1 Å². The fourth-order valence-electron chi connectivity index (χ4n) is 3.31. The van der Waals surface area contributed by atoms with Gasteiger partial charge in [-0.25, -0.2) is 9.38 Å². The molecule has 0 unspecified atom stereocenters. The molecule has 1 aliphatic rings. The number of hydrogen-bond acceptors (Lipinski definition) is 5. The van der Waals surface area contributed by atoms with Gasteiger partial charge in [0.1, 0.15) is 11.4 Å². The smallest absolute Gasteiger partial charge is 0.256 e. The number of carbonyl (C=O) groups is 1. The Morgan fingerprint density at radius 3 is 2.93 bits per heavy atom. The summed E-state index contributed by atoms with van der Waals surface area (Å²) in [5.41, 5.74) is 1.11. The van der Waals surface area contributed by atoms with Crippen molar-refractivity contribution in [1.82, 2.24) is 5.32 Å². The van der Waals surface area contributed by atoms with E-state index in [1.807, 2.05) is 6.07 Å². The van der Waals surface area contributed by atoms with Gasteiger partial charge in [0.2, 0.25) is 5.55 Å². The molecule has 0 aliphatic carbocycles. The van der Waals surface area contributed by atoms with Crippen LogP contribution in [0, 0.1) is 5.82 Å². The lowest BCUT2D eigenvalue weighted by atomic mass is 10.1. The van der Waals surface area contributed by atoms with E-state index in [2.05, 4.69) is 10.3 Å². The molecular weight excluding hydrogens is 411 g/mol. The molecule has 4 rings (SSSR count). The fraction of sp³-hybridized carbons (Fsp3) is 0.273. The summed E-state index contributed by atoms with van der Waals surface area (Å²) >= 11 is 5.87. The minimum Gasteiger partial charge on any atom is -0.493 e. The van der Waals surface area contributed by atoms with Gasteiger partial charge in [-0.1, -0.05) is 23.7 Å². The van der Waals surface area contributed by atoms with Crippen molar-refractivity contribution < 1.29 is 23.1 Å². The summed E-state index contributed by atoms with van der Waals surface area (Å²) in [4.78, 5) is 17.3. The highest BCUT2D eigenvalue weighted by Gasteiger charge is 2.19. The second kappa shape index (κ2) is 8.85. The van der Waals surface area contributed by atoms with Crippen molar-refractivity contribution in [2.45, 2.75) is 18.9 Å². The average Bonchev–Trinajstić information content (AvgIpc) is 3.27. The number of amides is 1. The summed E-state index contributed by atoms with van der Waals surface area (Å²) in [6, 6.07) is 11.1. The highest BCUT2D eigenvalue weighted by Crippen LogP contribution is 2.26. The van der Waals surface area contributed by atoms with Crippen molar-refractivity contribution in [1.29, 1.82) is 0 Å². The second-order valence-corrected chi connectivity index (χ2v) is 7.31. The van der Waals surface area contributed by atoms with E-state index < -0.39 is 5.82 Å². The lowest BCUT2D eigenvalue weighted by Crippen LogP contribution is -2.34. The van der Waals surface area contributed by atoms with Gasteiger partial charge in [0.15, 0.2) is 11.3 Å². The Labute approximate surface area is 177 Å². The lowest BCUT2D eigenvalue weighted by molar-refractivity contribution is 0.0854. The molecule has 1 amide bonds. The third-order valence-corrected chi connectivity index (χ3v) is 5.14. The number of nitrogens with zero attached hydrogens (tertiary/aromatic N) is 1. The number of fused-ring (bicyclic) bond motifs is 1. The number of carbonyl (C=O) groups excluding carboxylic acids is 1. The van der Waals surface area contributed by atoms with Crippen molar-refractivity contribution in [2.24, 2.45) is 4.99 Å². The van der Waals surface area contributed by atoms with Gasteiger partial charge >= 0.3 is 0 Å². The first-order chi connectivity index (χ1) is 14.5. The second-order valence-electron chi connectivity index (χ2n) is 6.90. The number of para-hydroxylation sites is 1. The predicted molar refractivity (Wildman–Crippen MR) is 111 cm³/mol. The minimum atomic E-state index is -0.553. The zero-order valence-electron chi connectivity index (χ0n) is 16.3. The summed E-state index contributed by atoms with van der Waals surface area (Å²) < 4.78 is 30.4. The van der Waals surface area contributed by atoms with Crippen LogP contribution in [0.5, 0.6) is 5.75 Å². The number of hydrogen-bond donors (Lipinski definition) is 1. The Morgan fingerprint density at radius 2 is 2.20 bits per heavy atom. The maximum atomic E-state index is 13.5. The van der Waals surface area contributed by atoms with Crippen molar-refractivity contribution in [2.75, 3.05) is 20.3 Å². The molecule has 3 aromatic rings. The van der Waals surface area contributed by atoms with E-state index in [0.717, 1.165) is 12.8 Å². The zero-order valence-corrected chi connectivity index (χ0v) is 17.0. The first-order valence-electron chi connectivity index (χ1n) is 9.55. The third kappa shape index (κ3) is 4.32. The number of ether oxygens (including phenoxy) is 2. The molecule has 1 atom stereocenters. The van der Waals surface area contributed by atoms with E-state index >= 15 is 0 Å². The maximum Gasteiger partial charge on any atom is 0.256 e. The largest absolute Gasteiger partial charge is 0.493 e. The van der Waals surface area contributed by atoms with Crippen LogP contribution in [0.15, 0.2) is 51.9 Å². The number of nitrogens with one attached hydrogen (secondary N) is 1. The molecule has 1 aromatic heterocycles. The van der Waals surface area contributed by atoms with Crippen molar-refractivity contribution in [3.8, 4) is 5.75 Å². The molecule has 0 radical (unpaired) electrons. The summed E-state index contributed by atoms with van der Waals surface area (Å²) in [5, 5.41) is 3.50. The molecule has 1 saturated heterocycles. The summed E-state index contributed by atoms with van der Waals surface area (Å²) in [6.45, 7) is 1.11. The standard InChI is InChI=1S/C22H20ClFN2O4/c1-28-19-6-2-4-13-10-16(21(27)25-12-15-5-3-9-29-15)22(30-20(13)19)26-14-7-8-18(24)17(23)11-14/h2,4,6-8,10-11,15H,3,5,9,12H2,1H3,(H,25,27)/t15-/m1/s1. The van der Waals surface area contributed by atoms with Crippen LogP contribution < -0.4 is 15.6 Å². The van der Waals surface area contributed by atoms with Crippen molar-refractivity contribution in [3.63, 3.8) is 0 Å². The van der Waals surface area contributed by atoms with Gasteiger partial charge in [-0.2, -0.15) is 0 Å². The summed E-state index contributed by atoms with van der Waals surface area (Å²) in [5.74, 6) is -0.388. The molecular formula is C22H20ClFN2O4. The van der Waals surface area contributed by atoms with Crippen LogP contribution in [0.2, 0.25) is 5.02 Å². The van der Waals surface area contributed by atoms with E-state index in [9.17, 15) is 9.18 Å². The van der Waals surface area contributed by atoms with Crippen molar-refractivity contribution >= 4 is 34.2 Å². The van der Waals surface area contributed by atoms with Crippen molar-refractivity contribution in [3.05, 3.63) is 64.4 Å². The maximum absolute atomic E-state index is 13.5. The van der Waals surface area contributed by atoms with Gasteiger partial charge < -0.3 is 19.2 Å². The predicted octanol–water partition coefficient (Wildman–Crippen LogP) is 4.38. The van der Waals surface area contributed by atoms with Crippen LogP contribution in [0.1, 0.15) is 23.2 Å². The third-order valence-electron chi connectivity index (χ3n) is 4.85. The minimum absolute atomic E-state index is 0.00253. The molecule has 0 saturated carbocycles. The molecule has 1 N–H and O–H groups in total.